The van der Waals surface area contributed by atoms with Gasteiger partial charge in [-0.25, -0.2) is 9.98 Å². The Morgan fingerprint density at radius 3 is 2.94 bits per heavy atom. The number of carbonyl (C=O) groups is 1. The second-order valence-electron chi connectivity index (χ2n) is 7.80. The summed E-state index contributed by atoms with van der Waals surface area (Å²) in [6.07, 6.45) is 3.35. The van der Waals surface area contributed by atoms with Gasteiger partial charge >= 0.3 is 0 Å². The molecular weight excluding hydrogens is 412 g/mol. The van der Waals surface area contributed by atoms with Crippen LogP contribution in [0.2, 0.25) is 0 Å². The number of hydrogen-bond donors (Lipinski definition) is 2. The van der Waals surface area contributed by atoms with Crippen molar-refractivity contribution in [3.63, 3.8) is 0 Å². The molecule has 0 saturated carbocycles. The number of morpholine rings is 1. The van der Waals surface area contributed by atoms with Crippen LogP contribution < -0.4 is 15.5 Å². The average molecular weight is 437 g/mol. The van der Waals surface area contributed by atoms with Crippen LogP contribution in [0.4, 0.5) is 22.7 Å². The Kier molecular flexibility index (Phi) is 5.31. The summed E-state index contributed by atoms with van der Waals surface area (Å²) in [7, 11) is 4.05. The number of thiophene rings is 1. The number of aliphatic imine (C=N–C) groups is 1. The van der Waals surface area contributed by atoms with Crippen molar-refractivity contribution in [2.24, 2.45) is 4.99 Å². The second kappa shape index (κ2) is 8.26. The molecule has 0 spiro atoms. The highest BCUT2D eigenvalue weighted by Crippen LogP contribution is 2.42. The molecule has 0 bridgehead atoms. The number of ether oxygens (including phenoxy) is 1. The van der Waals surface area contributed by atoms with Crippen LogP contribution in [0.1, 0.15) is 15.2 Å². The first-order valence-corrected chi connectivity index (χ1v) is 11.0. The molecule has 0 radical (unpaired) electrons. The van der Waals surface area contributed by atoms with Gasteiger partial charge in [-0.3, -0.25) is 9.69 Å². The zero-order valence-corrected chi connectivity index (χ0v) is 18.3. The zero-order chi connectivity index (χ0) is 21.4. The maximum atomic E-state index is 13.1. The molecule has 8 nitrogen and oxygen atoms in total. The van der Waals surface area contributed by atoms with Crippen LogP contribution in [0.3, 0.4) is 0 Å². The van der Waals surface area contributed by atoms with E-state index in [0.29, 0.717) is 10.6 Å². The number of amides is 1. The van der Waals surface area contributed by atoms with Gasteiger partial charge in [-0.05, 0) is 23.8 Å². The Hall–Kier alpha value is -3.01. The summed E-state index contributed by atoms with van der Waals surface area (Å²) in [5.41, 5.74) is 4.68. The lowest BCUT2D eigenvalue weighted by atomic mass is 10.1. The topological polar surface area (TPSA) is 82.1 Å². The number of nitrogens with one attached hydrogen (secondary N) is 2. The fourth-order valence-electron chi connectivity index (χ4n) is 3.95. The Labute approximate surface area is 184 Å². The maximum absolute atomic E-state index is 13.1. The molecule has 160 valence electrons. The SMILES string of the molecule is CN(C)c1cc(NC(=O)c2sc3nccc4c3c2N=CN4)ccc1CN1CCOCC1. The van der Waals surface area contributed by atoms with Crippen molar-refractivity contribution in [1.82, 2.24) is 9.88 Å². The Morgan fingerprint density at radius 1 is 1.29 bits per heavy atom. The molecule has 2 aromatic heterocycles. The van der Waals surface area contributed by atoms with E-state index >= 15 is 0 Å². The van der Waals surface area contributed by atoms with Crippen molar-refractivity contribution in [2.45, 2.75) is 6.54 Å². The van der Waals surface area contributed by atoms with Gasteiger partial charge in [-0.15, -0.1) is 11.3 Å². The van der Waals surface area contributed by atoms with E-state index in [9.17, 15) is 4.79 Å². The average Bonchev–Trinajstić information content (AvgIpc) is 3.16. The number of nitrogens with zero attached hydrogens (tertiary/aromatic N) is 4. The van der Waals surface area contributed by atoms with Crippen LogP contribution in [-0.4, -0.2) is 62.5 Å². The molecule has 31 heavy (non-hydrogen) atoms. The van der Waals surface area contributed by atoms with Crippen molar-refractivity contribution in [1.29, 1.82) is 0 Å². The van der Waals surface area contributed by atoms with E-state index in [1.54, 1.807) is 12.5 Å². The summed E-state index contributed by atoms with van der Waals surface area (Å²) < 4.78 is 5.46. The predicted octanol–water partition coefficient (Wildman–Crippen LogP) is 3.53. The summed E-state index contributed by atoms with van der Waals surface area (Å²) in [5, 5.41) is 7.07. The molecule has 4 heterocycles. The molecule has 0 atom stereocenters. The summed E-state index contributed by atoms with van der Waals surface area (Å²) in [5.74, 6) is -0.173. The van der Waals surface area contributed by atoms with Crippen LogP contribution in [-0.2, 0) is 11.3 Å². The summed E-state index contributed by atoms with van der Waals surface area (Å²) >= 11 is 1.36. The van der Waals surface area contributed by atoms with Gasteiger partial charge in [0.15, 0.2) is 0 Å². The van der Waals surface area contributed by atoms with E-state index in [0.717, 1.165) is 60.1 Å². The molecule has 9 heteroatoms. The highest BCUT2D eigenvalue weighted by Gasteiger charge is 2.23. The number of carbonyl (C=O) groups excluding carboxylic acids is 1. The third kappa shape index (κ3) is 3.87. The third-order valence-electron chi connectivity index (χ3n) is 5.51. The van der Waals surface area contributed by atoms with Crippen LogP contribution in [0.25, 0.3) is 10.2 Å². The van der Waals surface area contributed by atoms with Crippen molar-refractivity contribution < 1.29 is 9.53 Å². The molecule has 2 aliphatic heterocycles. The number of anilines is 3. The van der Waals surface area contributed by atoms with Gasteiger partial charge < -0.3 is 20.3 Å². The summed E-state index contributed by atoms with van der Waals surface area (Å²) in [6, 6.07) is 7.98. The first-order chi connectivity index (χ1) is 15.1. The number of aromatic nitrogens is 1. The minimum absolute atomic E-state index is 0.173. The van der Waals surface area contributed by atoms with Gasteiger partial charge in [0.1, 0.15) is 9.71 Å². The van der Waals surface area contributed by atoms with Gasteiger partial charge in [0.05, 0.1) is 36.3 Å². The second-order valence-corrected chi connectivity index (χ2v) is 8.80. The van der Waals surface area contributed by atoms with Crippen molar-refractivity contribution in [3.8, 4) is 0 Å². The van der Waals surface area contributed by atoms with Gasteiger partial charge in [0.2, 0.25) is 0 Å². The van der Waals surface area contributed by atoms with Gasteiger partial charge in [0.25, 0.3) is 5.91 Å². The van der Waals surface area contributed by atoms with E-state index in [2.05, 4.69) is 36.5 Å². The molecule has 3 aromatic rings. The molecule has 1 aromatic carbocycles. The molecule has 2 N–H and O–H groups in total. The molecule has 5 rings (SSSR count). The predicted molar refractivity (Wildman–Crippen MR) is 126 cm³/mol. The molecule has 0 unspecified atom stereocenters. The van der Waals surface area contributed by atoms with Gasteiger partial charge in [0, 0.05) is 51.3 Å². The van der Waals surface area contributed by atoms with Crippen molar-refractivity contribution in [3.05, 3.63) is 40.9 Å². The van der Waals surface area contributed by atoms with E-state index in [4.69, 9.17) is 4.74 Å². The van der Waals surface area contributed by atoms with Crippen molar-refractivity contribution >= 4 is 56.5 Å². The third-order valence-corrected chi connectivity index (χ3v) is 6.60. The fourth-order valence-corrected chi connectivity index (χ4v) is 4.96. The zero-order valence-electron chi connectivity index (χ0n) is 17.5. The minimum atomic E-state index is -0.173. The smallest absolute Gasteiger partial charge is 0.268 e. The van der Waals surface area contributed by atoms with Crippen LogP contribution >= 0.6 is 11.3 Å². The summed E-state index contributed by atoms with van der Waals surface area (Å²) in [4.78, 5) is 27.8. The lowest BCUT2D eigenvalue weighted by Gasteiger charge is -2.28. The fraction of sp³-hybridized carbons (Fsp3) is 0.318. The molecule has 1 saturated heterocycles. The Bertz CT molecular complexity index is 1170. The van der Waals surface area contributed by atoms with Crippen LogP contribution in [0.15, 0.2) is 35.5 Å². The van der Waals surface area contributed by atoms with E-state index < -0.39 is 0 Å². The number of rotatable bonds is 5. The lowest BCUT2D eigenvalue weighted by Crippen LogP contribution is -2.36. The lowest BCUT2D eigenvalue weighted by molar-refractivity contribution is 0.0342. The van der Waals surface area contributed by atoms with Crippen LogP contribution in [0, 0.1) is 0 Å². The van der Waals surface area contributed by atoms with Crippen LogP contribution in [0.5, 0.6) is 0 Å². The summed E-state index contributed by atoms with van der Waals surface area (Å²) in [6.45, 7) is 4.29. The number of benzene rings is 1. The van der Waals surface area contributed by atoms with E-state index in [1.165, 1.54) is 16.9 Å². The monoisotopic (exact) mass is 436 g/mol. The number of hydrogen-bond acceptors (Lipinski definition) is 8. The first-order valence-electron chi connectivity index (χ1n) is 10.2. The highest BCUT2D eigenvalue weighted by molar-refractivity contribution is 7.21. The molecule has 1 amide bonds. The largest absolute Gasteiger partial charge is 0.379 e. The van der Waals surface area contributed by atoms with E-state index in [-0.39, 0.29) is 5.91 Å². The highest BCUT2D eigenvalue weighted by atomic mass is 32.1. The first kappa shape index (κ1) is 19.9. The number of pyridine rings is 1. The van der Waals surface area contributed by atoms with E-state index in [1.807, 2.05) is 32.3 Å². The van der Waals surface area contributed by atoms with Crippen molar-refractivity contribution in [2.75, 3.05) is 55.9 Å². The van der Waals surface area contributed by atoms with Gasteiger partial charge in [-0.2, -0.15) is 0 Å². The molecule has 1 fully saturated rings. The molecule has 0 aliphatic carbocycles. The minimum Gasteiger partial charge on any atom is -0.379 e. The van der Waals surface area contributed by atoms with Gasteiger partial charge in [-0.1, -0.05) is 6.07 Å². The maximum Gasteiger partial charge on any atom is 0.268 e. The quantitative estimate of drug-likeness (QED) is 0.637. The Balaban J connectivity index is 1.40. The Morgan fingerprint density at radius 2 is 2.13 bits per heavy atom. The standard InChI is InChI=1S/C22H24N6O2S/c1-27(2)17-11-15(4-3-14(17)12-28-7-9-30-10-8-28)26-21(29)20-19-18-16(24-13-25-19)5-6-23-22(18)31-20/h3-6,11,13H,7-10,12H2,1-2H3,(H,24,25)(H,26,29). The molecule has 2 aliphatic rings. The molecular formula is C22H24N6O2S. The normalized spacial score (nSPS) is 15.7.